The van der Waals surface area contributed by atoms with E-state index in [4.69, 9.17) is 9.47 Å². The summed E-state index contributed by atoms with van der Waals surface area (Å²) in [5.41, 5.74) is 2.98. The van der Waals surface area contributed by atoms with Crippen molar-refractivity contribution in [1.29, 1.82) is 0 Å². The number of hydrogen-bond donors (Lipinski definition) is 0. The van der Waals surface area contributed by atoms with E-state index in [0.717, 1.165) is 11.1 Å². The lowest BCUT2D eigenvalue weighted by Gasteiger charge is -2.09. The molecule has 0 unspecified atom stereocenters. The van der Waals surface area contributed by atoms with Crippen LogP contribution < -0.4 is 4.74 Å². The molecule has 0 aliphatic carbocycles. The number of hydrogen-bond acceptors (Lipinski definition) is 4. The van der Waals surface area contributed by atoms with Crippen molar-refractivity contribution < 1.29 is 14.3 Å². The Kier molecular flexibility index (Phi) is 3.80. The molecule has 1 heterocycles. The maximum Gasteiger partial charge on any atom is 0.356 e. The molecule has 0 spiro atoms. The van der Waals surface area contributed by atoms with Crippen molar-refractivity contribution in [2.24, 2.45) is 0 Å². The SMILES string of the molecule is COC(=O)c1cc(OC)cc(-c2ccccc2C)n1. The van der Waals surface area contributed by atoms with E-state index in [1.54, 1.807) is 19.2 Å². The second-order valence-electron chi connectivity index (χ2n) is 4.08. The van der Waals surface area contributed by atoms with Crippen molar-refractivity contribution in [1.82, 2.24) is 4.98 Å². The van der Waals surface area contributed by atoms with Gasteiger partial charge in [0.2, 0.25) is 0 Å². The smallest absolute Gasteiger partial charge is 0.356 e. The minimum absolute atomic E-state index is 0.236. The topological polar surface area (TPSA) is 48.4 Å². The average molecular weight is 257 g/mol. The van der Waals surface area contributed by atoms with E-state index >= 15 is 0 Å². The quantitative estimate of drug-likeness (QED) is 0.793. The highest BCUT2D eigenvalue weighted by Gasteiger charge is 2.13. The first kappa shape index (κ1) is 13.1. The monoisotopic (exact) mass is 257 g/mol. The molecule has 19 heavy (non-hydrogen) atoms. The van der Waals surface area contributed by atoms with Crippen molar-refractivity contribution in [2.75, 3.05) is 14.2 Å². The second-order valence-corrected chi connectivity index (χ2v) is 4.08. The fourth-order valence-corrected chi connectivity index (χ4v) is 1.83. The molecular weight excluding hydrogens is 242 g/mol. The number of aryl methyl sites for hydroxylation is 1. The van der Waals surface area contributed by atoms with Crippen LogP contribution in [0.2, 0.25) is 0 Å². The standard InChI is InChI=1S/C15H15NO3/c1-10-6-4-5-7-12(10)13-8-11(18-2)9-14(16-13)15(17)19-3/h4-9H,1-3H3. The molecule has 4 heteroatoms. The first-order valence-corrected chi connectivity index (χ1v) is 5.86. The number of rotatable bonds is 3. The Morgan fingerprint density at radius 2 is 1.89 bits per heavy atom. The van der Waals surface area contributed by atoms with Gasteiger partial charge in [0.1, 0.15) is 5.75 Å². The summed E-state index contributed by atoms with van der Waals surface area (Å²) in [5.74, 6) is 0.0994. The molecule has 0 bridgehead atoms. The predicted molar refractivity (Wildman–Crippen MR) is 72.3 cm³/mol. The number of carbonyl (C=O) groups excluding carboxylic acids is 1. The van der Waals surface area contributed by atoms with Gasteiger partial charge in [-0.05, 0) is 12.5 Å². The first-order chi connectivity index (χ1) is 9.15. The van der Waals surface area contributed by atoms with Crippen LogP contribution in [0.4, 0.5) is 0 Å². The Morgan fingerprint density at radius 1 is 1.16 bits per heavy atom. The zero-order valence-electron chi connectivity index (χ0n) is 11.1. The minimum Gasteiger partial charge on any atom is -0.497 e. The number of methoxy groups -OCH3 is 2. The lowest BCUT2D eigenvalue weighted by molar-refractivity contribution is 0.0593. The van der Waals surface area contributed by atoms with Gasteiger partial charge < -0.3 is 9.47 Å². The second kappa shape index (κ2) is 5.52. The third-order valence-corrected chi connectivity index (χ3v) is 2.85. The summed E-state index contributed by atoms with van der Waals surface area (Å²) in [6.45, 7) is 1.99. The van der Waals surface area contributed by atoms with Gasteiger partial charge in [0.05, 0.1) is 19.9 Å². The largest absolute Gasteiger partial charge is 0.497 e. The molecule has 0 fully saturated rings. The van der Waals surface area contributed by atoms with Gasteiger partial charge in [-0.25, -0.2) is 9.78 Å². The normalized spacial score (nSPS) is 10.1. The molecule has 2 aromatic rings. The molecule has 1 aromatic carbocycles. The van der Waals surface area contributed by atoms with Crippen molar-refractivity contribution >= 4 is 5.97 Å². The van der Waals surface area contributed by atoms with Crippen LogP contribution in [0.15, 0.2) is 36.4 Å². The molecule has 0 amide bonds. The van der Waals surface area contributed by atoms with E-state index in [0.29, 0.717) is 11.4 Å². The van der Waals surface area contributed by atoms with Crippen LogP contribution in [0.1, 0.15) is 16.1 Å². The van der Waals surface area contributed by atoms with Crippen LogP contribution in [-0.4, -0.2) is 25.2 Å². The molecule has 0 saturated heterocycles. The van der Waals surface area contributed by atoms with Gasteiger partial charge in [-0.15, -0.1) is 0 Å². The zero-order chi connectivity index (χ0) is 13.8. The van der Waals surface area contributed by atoms with Gasteiger partial charge >= 0.3 is 5.97 Å². The van der Waals surface area contributed by atoms with E-state index in [2.05, 4.69) is 4.98 Å². The highest BCUT2D eigenvalue weighted by Crippen LogP contribution is 2.25. The fraction of sp³-hybridized carbons (Fsp3) is 0.200. The van der Waals surface area contributed by atoms with Crippen molar-refractivity contribution in [3.05, 3.63) is 47.7 Å². The first-order valence-electron chi connectivity index (χ1n) is 5.86. The summed E-state index contributed by atoms with van der Waals surface area (Å²) in [5, 5.41) is 0. The fourth-order valence-electron chi connectivity index (χ4n) is 1.83. The number of aromatic nitrogens is 1. The molecule has 1 aromatic heterocycles. The van der Waals surface area contributed by atoms with E-state index in [9.17, 15) is 4.79 Å². The summed E-state index contributed by atoms with van der Waals surface area (Å²) in [7, 11) is 2.88. The Morgan fingerprint density at radius 3 is 2.53 bits per heavy atom. The van der Waals surface area contributed by atoms with Gasteiger partial charge in [0, 0.05) is 17.7 Å². The summed E-state index contributed by atoms with van der Waals surface area (Å²) in [6, 6.07) is 11.2. The van der Waals surface area contributed by atoms with E-state index in [1.165, 1.54) is 7.11 Å². The van der Waals surface area contributed by atoms with E-state index in [1.807, 2.05) is 31.2 Å². The highest BCUT2D eigenvalue weighted by molar-refractivity contribution is 5.88. The van der Waals surface area contributed by atoms with Gasteiger partial charge in [0.15, 0.2) is 5.69 Å². The number of esters is 1. The number of ether oxygens (including phenoxy) is 2. The Bertz CT molecular complexity index is 608. The van der Waals surface area contributed by atoms with E-state index < -0.39 is 5.97 Å². The number of nitrogens with zero attached hydrogens (tertiary/aromatic N) is 1. The zero-order valence-corrected chi connectivity index (χ0v) is 11.1. The molecule has 2 rings (SSSR count). The maximum atomic E-state index is 11.6. The molecule has 0 aliphatic heterocycles. The van der Waals surface area contributed by atoms with Gasteiger partial charge in [-0.1, -0.05) is 24.3 Å². The molecule has 0 N–H and O–H groups in total. The molecule has 0 saturated carbocycles. The van der Waals surface area contributed by atoms with Crippen LogP contribution in [0.3, 0.4) is 0 Å². The van der Waals surface area contributed by atoms with Gasteiger partial charge in [-0.3, -0.25) is 0 Å². The molecule has 0 radical (unpaired) electrons. The number of pyridine rings is 1. The van der Waals surface area contributed by atoms with Crippen LogP contribution >= 0.6 is 0 Å². The van der Waals surface area contributed by atoms with Crippen LogP contribution in [0.25, 0.3) is 11.3 Å². The predicted octanol–water partition coefficient (Wildman–Crippen LogP) is 2.85. The Balaban J connectivity index is 2.57. The summed E-state index contributed by atoms with van der Waals surface area (Å²) < 4.78 is 9.90. The molecule has 98 valence electrons. The van der Waals surface area contributed by atoms with Crippen molar-refractivity contribution in [3.8, 4) is 17.0 Å². The van der Waals surface area contributed by atoms with Gasteiger partial charge in [0.25, 0.3) is 0 Å². The number of carbonyl (C=O) groups is 1. The van der Waals surface area contributed by atoms with E-state index in [-0.39, 0.29) is 5.69 Å². The molecule has 0 atom stereocenters. The lowest BCUT2D eigenvalue weighted by Crippen LogP contribution is -2.05. The summed E-state index contributed by atoms with van der Waals surface area (Å²) >= 11 is 0. The highest BCUT2D eigenvalue weighted by atomic mass is 16.5. The molecule has 0 aliphatic rings. The Hall–Kier alpha value is -2.36. The van der Waals surface area contributed by atoms with Crippen molar-refractivity contribution in [3.63, 3.8) is 0 Å². The van der Waals surface area contributed by atoms with Crippen molar-refractivity contribution in [2.45, 2.75) is 6.92 Å². The molecular formula is C15H15NO3. The Labute approximate surface area is 112 Å². The third-order valence-electron chi connectivity index (χ3n) is 2.85. The summed E-state index contributed by atoms with van der Waals surface area (Å²) in [4.78, 5) is 15.9. The van der Waals surface area contributed by atoms with Gasteiger partial charge in [-0.2, -0.15) is 0 Å². The average Bonchev–Trinajstić information content (AvgIpc) is 2.46. The molecule has 4 nitrogen and oxygen atoms in total. The third kappa shape index (κ3) is 2.73. The minimum atomic E-state index is -0.478. The van der Waals surface area contributed by atoms with Crippen LogP contribution in [-0.2, 0) is 4.74 Å². The summed E-state index contributed by atoms with van der Waals surface area (Å²) in [6.07, 6.45) is 0. The van der Waals surface area contributed by atoms with Crippen LogP contribution in [0, 0.1) is 6.92 Å². The lowest BCUT2D eigenvalue weighted by atomic mass is 10.0. The maximum absolute atomic E-state index is 11.6. The number of benzene rings is 1. The van der Waals surface area contributed by atoms with Crippen LogP contribution in [0.5, 0.6) is 5.75 Å².